The lowest BCUT2D eigenvalue weighted by Gasteiger charge is -1.92. The predicted molar refractivity (Wildman–Crippen MR) is 48.6 cm³/mol. The molecule has 4 nitrogen and oxygen atoms in total. The molecule has 0 saturated carbocycles. The van der Waals surface area contributed by atoms with Crippen molar-refractivity contribution in [1.82, 2.24) is 4.98 Å². The van der Waals surface area contributed by atoms with Crippen LogP contribution >= 0.6 is 34.2 Å². The van der Waals surface area contributed by atoms with Crippen LogP contribution in [0.1, 0.15) is 0 Å². The van der Waals surface area contributed by atoms with Gasteiger partial charge < -0.3 is 10.1 Å². The molecule has 0 aliphatic heterocycles. The largest absolute Gasteiger partial charge is 0.364 e. The molecular weight excluding hydrogens is 282 g/mol. The summed E-state index contributed by atoms with van der Waals surface area (Å²) in [7, 11) is 0. The SMILES string of the molecule is O=[N+]([O-])c1cc(I)c(Cl)cn1. The van der Waals surface area contributed by atoms with Crippen molar-refractivity contribution in [2.24, 2.45) is 0 Å². The maximum atomic E-state index is 10.2. The second-order valence-corrected chi connectivity index (χ2v) is 3.28. The third-order valence-electron chi connectivity index (χ3n) is 0.981. The van der Waals surface area contributed by atoms with E-state index in [4.69, 9.17) is 11.6 Å². The van der Waals surface area contributed by atoms with Crippen molar-refractivity contribution in [3.63, 3.8) is 0 Å². The third-order valence-corrected chi connectivity index (χ3v) is 2.49. The summed E-state index contributed by atoms with van der Waals surface area (Å²) < 4.78 is 0.631. The van der Waals surface area contributed by atoms with E-state index in [0.29, 0.717) is 8.59 Å². The van der Waals surface area contributed by atoms with Gasteiger partial charge in [-0.25, -0.2) is 0 Å². The van der Waals surface area contributed by atoms with Crippen molar-refractivity contribution in [1.29, 1.82) is 0 Å². The summed E-state index contributed by atoms with van der Waals surface area (Å²) in [6.45, 7) is 0. The highest BCUT2D eigenvalue weighted by Gasteiger charge is 2.09. The second-order valence-electron chi connectivity index (χ2n) is 1.71. The van der Waals surface area contributed by atoms with Gasteiger partial charge >= 0.3 is 5.82 Å². The third kappa shape index (κ3) is 2.00. The zero-order valence-electron chi connectivity index (χ0n) is 5.12. The fourth-order valence-electron chi connectivity index (χ4n) is 0.504. The smallest absolute Gasteiger partial charge is 0.358 e. The Kier molecular flexibility index (Phi) is 2.61. The molecule has 0 aromatic carbocycles. The van der Waals surface area contributed by atoms with Crippen LogP contribution in [0.25, 0.3) is 0 Å². The van der Waals surface area contributed by atoms with Gasteiger partial charge in [0.15, 0.2) is 6.20 Å². The molecule has 0 saturated heterocycles. The van der Waals surface area contributed by atoms with E-state index in [1.54, 1.807) is 0 Å². The van der Waals surface area contributed by atoms with E-state index < -0.39 is 4.92 Å². The quantitative estimate of drug-likeness (QED) is 0.451. The number of nitro groups is 1. The molecular formula is C5H2ClIN2O2. The predicted octanol–water partition coefficient (Wildman–Crippen LogP) is 2.25. The van der Waals surface area contributed by atoms with Crippen LogP contribution in [0, 0.1) is 13.7 Å². The van der Waals surface area contributed by atoms with E-state index in [1.165, 1.54) is 12.3 Å². The Balaban J connectivity index is 3.15. The minimum atomic E-state index is -0.557. The topological polar surface area (TPSA) is 56.0 Å². The van der Waals surface area contributed by atoms with Crippen LogP contribution in [0.5, 0.6) is 0 Å². The fourth-order valence-corrected chi connectivity index (χ4v) is 1.03. The van der Waals surface area contributed by atoms with Crippen molar-refractivity contribution < 1.29 is 4.92 Å². The zero-order valence-corrected chi connectivity index (χ0v) is 8.03. The summed E-state index contributed by atoms with van der Waals surface area (Å²) in [6.07, 6.45) is 1.27. The van der Waals surface area contributed by atoms with Gasteiger partial charge in [0.05, 0.1) is 11.1 Å². The van der Waals surface area contributed by atoms with E-state index >= 15 is 0 Å². The Morgan fingerprint density at radius 2 is 2.36 bits per heavy atom. The Morgan fingerprint density at radius 1 is 1.73 bits per heavy atom. The molecule has 1 rings (SSSR count). The van der Waals surface area contributed by atoms with Crippen LogP contribution in [-0.2, 0) is 0 Å². The minimum Gasteiger partial charge on any atom is -0.358 e. The van der Waals surface area contributed by atoms with Gasteiger partial charge in [0.2, 0.25) is 0 Å². The first-order chi connectivity index (χ1) is 5.11. The second kappa shape index (κ2) is 3.31. The van der Waals surface area contributed by atoms with Gasteiger partial charge in [-0.3, -0.25) is 0 Å². The van der Waals surface area contributed by atoms with Gasteiger partial charge in [0.1, 0.15) is 0 Å². The summed E-state index contributed by atoms with van der Waals surface area (Å²) in [5.41, 5.74) is 0. The number of rotatable bonds is 1. The Bertz CT molecular complexity index is 305. The van der Waals surface area contributed by atoms with Gasteiger partial charge in [-0.2, -0.15) is 0 Å². The lowest BCUT2D eigenvalue weighted by Crippen LogP contribution is -1.91. The van der Waals surface area contributed by atoms with E-state index in [9.17, 15) is 10.1 Å². The van der Waals surface area contributed by atoms with Crippen molar-refractivity contribution in [3.05, 3.63) is 31.0 Å². The molecule has 1 aromatic heterocycles. The Labute approximate surface area is 80.9 Å². The van der Waals surface area contributed by atoms with Crippen LogP contribution in [0.2, 0.25) is 5.02 Å². The number of hydrogen-bond acceptors (Lipinski definition) is 3. The molecule has 1 heterocycles. The number of halogens is 2. The molecule has 0 radical (unpaired) electrons. The van der Waals surface area contributed by atoms with Gasteiger partial charge in [-0.05, 0) is 32.5 Å². The number of pyridine rings is 1. The normalized spacial score (nSPS) is 9.64. The maximum absolute atomic E-state index is 10.2. The van der Waals surface area contributed by atoms with Crippen molar-refractivity contribution in [2.45, 2.75) is 0 Å². The van der Waals surface area contributed by atoms with Crippen molar-refractivity contribution in [2.75, 3.05) is 0 Å². The van der Waals surface area contributed by atoms with Gasteiger partial charge in [0.25, 0.3) is 0 Å². The molecule has 0 aliphatic rings. The Morgan fingerprint density at radius 3 is 2.82 bits per heavy atom. The molecule has 0 fully saturated rings. The number of hydrogen-bond donors (Lipinski definition) is 0. The molecule has 0 aliphatic carbocycles. The van der Waals surface area contributed by atoms with E-state index in [1.807, 2.05) is 22.6 Å². The van der Waals surface area contributed by atoms with E-state index in [2.05, 4.69) is 4.98 Å². The number of nitrogens with zero attached hydrogens (tertiary/aromatic N) is 2. The maximum Gasteiger partial charge on any atom is 0.364 e. The van der Waals surface area contributed by atoms with E-state index in [0.717, 1.165) is 0 Å². The molecule has 0 bridgehead atoms. The van der Waals surface area contributed by atoms with Crippen LogP contribution in [-0.4, -0.2) is 9.91 Å². The molecule has 1 aromatic rings. The lowest BCUT2D eigenvalue weighted by atomic mass is 10.5. The average Bonchev–Trinajstić information content (AvgIpc) is 1.94. The van der Waals surface area contributed by atoms with Crippen LogP contribution in [0.4, 0.5) is 5.82 Å². The summed E-state index contributed by atoms with van der Waals surface area (Å²) in [6, 6.07) is 1.32. The molecule has 0 amide bonds. The molecule has 0 atom stereocenters. The van der Waals surface area contributed by atoms with Crippen LogP contribution in [0.15, 0.2) is 12.3 Å². The average molecular weight is 284 g/mol. The zero-order chi connectivity index (χ0) is 8.43. The highest BCUT2D eigenvalue weighted by molar-refractivity contribution is 14.1. The summed E-state index contributed by atoms with van der Waals surface area (Å²) in [4.78, 5) is 13.1. The molecule has 11 heavy (non-hydrogen) atoms. The van der Waals surface area contributed by atoms with E-state index in [-0.39, 0.29) is 5.82 Å². The van der Waals surface area contributed by atoms with Gasteiger partial charge in [0, 0.05) is 3.57 Å². The summed E-state index contributed by atoms with van der Waals surface area (Å²) in [5, 5.41) is 10.6. The van der Waals surface area contributed by atoms with Crippen molar-refractivity contribution in [3.8, 4) is 0 Å². The first-order valence-electron chi connectivity index (χ1n) is 2.56. The summed E-state index contributed by atoms with van der Waals surface area (Å²) >= 11 is 7.50. The monoisotopic (exact) mass is 284 g/mol. The first kappa shape index (κ1) is 8.66. The highest BCUT2D eigenvalue weighted by Crippen LogP contribution is 2.20. The highest BCUT2D eigenvalue weighted by atomic mass is 127. The van der Waals surface area contributed by atoms with Crippen LogP contribution in [0.3, 0.4) is 0 Å². The van der Waals surface area contributed by atoms with Gasteiger partial charge in [-0.15, -0.1) is 0 Å². The Hall–Kier alpha value is -0.430. The molecule has 58 valence electrons. The lowest BCUT2D eigenvalue weighted by molar-refractivity contribution is -0.389. The minimum absolute atomic E-state index is 0.182. The standard InChI is InChI=1S/C5H2ClIN2O2/c6-3-2-8-5(9(10)11)1-4(3)7/h1-2H. The molecule has 0 unspecified atom stereocenters. The summed E-state index contributed by atoms with van der Waals surface area (Å²) in [5.74, 6) is -0.182. The fraction of sp³-hybridized carbons (Fsp3) is 0. The van der Waals surface area contributed by atoms with Crippen LogP contribution < -0.4 is 0 Å². The van der Waals surface area contributed by atoms with Crippen molar-refractivity contribution >= 4 is 40.0 Å². The molecule has 0 spiro atoms. The first-order valence-corrected chi connectivity index (χ1v) is 4.02. The molecule has 0 N–H and O–H groups in total. The van der Waals surface area contributed by atoms with Gasteiger partial charge in [-0.1, -0.05) is 11.6 Å². The molecule has 6 heteroatoms. The number of aromatic nitrogens is 1.